The maximum Gasteiger partial charge on any atom is 0.272 e. The topological polar surface area (TPSA) is 62.2 Å². The minimum absolute atomic E-state index is 0.123. The quantitative estimate of drug-likeness (QED) is 0.816. The van der Waals surface area contributed by atoms with Gasteiger partial charge < -0.3 is 4.90 Å². The van der Waals surface area contributed by atoms with Gasteiger partial charge in [-0.1, -0.05) is 44.2 Å². The molecule has 0 bridgehead atoms. The molecule has 3 atom stereocenters. The number of amides is 1. The van der Waals surface area contributed by atoms with Crippen LogP contribution in [0.1, 0.15) is 67.2 Å². The Balaban J connectivity index is 1.50. The summed E-state index contributed by atoms with van der Waals surface area (Å²) in [5.41, 5.74) is 9.96. The molecule has 156 valence electrons. The van der Waals surface area contributed by atoms with Crippen LogP contribution < -0.4 is 10.9 Å². The Bertz CT molecular complexity index is 831. The second-order valence-electron chi connectivity index (χ2n) is 8.65. The zero-order valence-electron chi connectivity index (χ0n) is 17.8. The molecule has 2 N–H and O–H groups in total. The molecule has 6 heteroatoms. The first kappa shape index (κ1) is 20.1. The SMILES string of the molecule is CCn1nc(C(C)C)cc1C(=O)N1CCCC(C2NNCC2c2ccccc2)C1. The van der Waals surface area contributed by atoms with Crippen molar-refractivity contribution < 1.29 is 4.79 Å². The van der Waals surface area contributed by atoms with Crippen molar-refractivity contribution in [1.82, 2.24) is 25.5 Å². The third kappa shape index (κ3) is 4.09. The van der Waals surface area contributed by atoms with Crippen molar-refractivity contribution in [2.45, 2.75) is 58.0 Å². The number of aromatic nitrogens is 2. The Morgan fingerprint density at radius 1 is 1.28 bits per heavy atom. The number of benzene rings is 1. The van der Waals surface area contributed by atoms with E-state index in [2.05, 4.69) is 60.1 Å². The third-order valence-electron chi connectivity index (χ3n) is 6.41. The number of hydrogen-bond acceptors (Lipinski definition) is 4. The van der Waals surface area contributed by atoms with Crippen LogP contribution in [0.4, 0.5) is 0 Å². The summed E-state index contributed by atoms with van der Waals surface area (Å²) in [6.07, 6.45) is 2.20. The minimum Gasteiger partial charge on any atom is -0.337 e. The summed E-state index contributed by atoms with van der Waals surface area (Å²) in [5, 5.41) is 4.64. The summed E-state index contributed by atoms with van der Waals surface area (Å²) < 4.78 is 1.86. The van der Waals surface area contributed by atoms with Crippen molar-refractivity contribution in [3.63, 3.8) is 0 Å². The van der Waals surface area contributed by atoms with Gasteiger partial charge in [-0.15, -0.1) is 0 Å². The molecule has 2 aliphatic heterocycles. The van der Waals surface area contributed by atoms with Crippen molar-refractivity contribution in [2.24, 2.45) is 5.92 Å². The standard InChI is InChI=1S/C23H33N5O/c1-4-28-21(13-20(26-28)16(2)3)23(29)27-12-8-11-18(15-27)22-19(14-24-25-22)17-9-6-5-7-10-17/h5-7,9-10,13,16,18-19,22,24-25H,4,8,11-12,14-15H2,1-3H3. The molecule has 0 spiro atoms. The lowest BCUT2D eigenvalue weighted by molar-refractivity contribution is 0.0632. The smallest absolute Gasteiger partial charge is 0.272 e. The highest BCUT2D eigenvalue weighted by Gasteiger charge is 2.38. The van der Waals surface area contributed by atoms with Gasteiger partial charge in [0.1, 0.15) is 5.69 Å². The number of aryl methyl sites for hydroxylation is 1. The van der Waals surface area contributed by atoms with Gasteiger partial charge in [0.05, 0.1) is 5.69 Å². The van der Waals surface area contributed by atoms with Crippen LogP contribution in [0.25, 0.3) is 0 Å². The van der Waals surface area contributed by atoms with Crippen LogP contribution in [0, 0.1) is 5.92 Å². The van der Waals surface area contributed by atoms with Crippen LogP contribution >= 0.6 is 0 Å². The third-order valence-corrected chi connectivity index (χ3v) is 6.41. The fourth-order valence-electron chi connectivity index (χ4n) is 4.77. The number of hydrazine groups is 1. The van der Waals surface area contributed by atoms with E-state index in [4.69, 9.17) is 0 Å². The molecular formula is C23H33N5O. The van der Waals surface area contributed by atoms with Crippen LogP contribution in [0.2, 0.25) is 0 Å². The molecule has 2 aliphatic rings. The molecular weight excluding hydrogens is 362 g/mol. The summed E-state index contributed by atoms with van der Waals surface area (Å²) in [4.78, 5) is 15.4. The largest absolute Gasteiger partial charge is 0.337 e. The van der Waals surface area contributed by atoms with Gasteiger partial charge in [-0.2, -0.15) is 5.10 Å². The minimum atomic E-state index is 0.123. The Hall–Kier alpha value is -2.18. The highest BCUT2D eigenvalue weighted by molar-refractivity contribution is 5.92. The zero-order chi connectivity index (χ0) is 20.4. The molecule has 4 rings (SSSR count). The van der Waals surface area contributed by atoms with E-state index in [1.807, 2.05) is 22.6 Å². The van der Waals surface area contributed by atoms with Gasteiger partial charge in [-0.05, 0) is 43.2 Å². The number of rotatable bonds is 5. The van der Waals surface area contributed by atoms with E-state index in [0.717, 1.165) is 50.4 Å². The van der Waals surface area contributed by atoms with Crippen LogP contribution in [-0.4, -0.2) is 46.3 Å². The first-order valence-electron chi connectivity index (χ1n) is 11.0. The average molecular weight is 396 g/mol. The second kappa shape index (κ2) is 8.67. The number of carbonyl (C=O) groups excluding carboxylic acids is 1. The van der Waals surface area contributed by atoms with E-state index in [1.165, 1.54) is 5.56 Å². The van der Waals surface area contributed by atoms with E-state index in [1.54, 1.807) is 0 Å². The monoisotopic (exact) mass is 395 g/mol. The Kier molecular flexibility index (Phi) is 6.01. The first-order chi connectivity index (χ1) is 14.1. The van der Waals surface area contributed by atoms with Gasteiger partial charge in [-0.3, -0.25) is 20.3 Å². The van der Waals surface area contributed by atoms with E-state index in [9.17, 15) is 4.79 Å². The Morgan fingerprint density at radius 3 is 2.79 bits per heavy atom. The van der Waals surface area contributed by atoms with E-state index < -0.39 is 0 Å². The summed E-state index contributed by atoms with van der Waals surface area (Å²) in [5.74, 6) is 1.32. The van der Waals surface area contributed by atoms with E-state index in [0.29, 0.717) is 23.8 Å². The number of nitrogens with zero attached hydrogens (tertiary/aromatic N) is 3. The lowest BCUT2D eigenvalue weighted by atomic mass is 9.81. The number of hydrogen-bond donors (Lipinski definition) is 2. The van der Waals surface area contributed by atoms with E-state index >= 15 is 0 Å². The number of likely N-dealkylation sites (tertiary alicyclic amines) is 1. The van der Waals surface area contributed by atoms with Crippen LogP contribution in [0.5, 0.6) is 0 Å². The lowest BCUT2D eigenvalue weighted by Crippen LogP contribution is -2.48. The molecule has 2 aromatic rings. The van der Waals surface area contributed by atoms with Gasteiger partial charge in [0, 0.05) is 38.1 Å². The maximum atomic E-state index is 13.4. The number of piperidine rings is 1. The molecule has 2 fully saturated rings. The van der Waals surface area contributed by atoms with E-state index in [-0.39, 0.29) is 5.91 Å². The normalized spacial score (nSPS) is 25.0. The summed E-state index contributed by atoms with van der Waals surface area (Å²) >= 11 is 0. The fourth-order valence-corrected chi connectivity index (χ4v) is 4.77. The molecule has 0 radical (unpaired) electrons. The predicted octanol–water partition coefficient (Wildman–Crippen LogP) is 3.14. The van der Waals surface area contributed by atoms with Gasteiger partial charge in [0.2, 0.25) is 0 Å². The van der Waals surface area contributed by atoms with Gasteiger partial charge in [0.15, 0.2) is 0 Å². The van der Waals surface area contributed by atoms with Crippen molar-refractivity contribution in [3.05, 3.63) is 53.3 Å². The molecule has 29 heavy (non-hydrogen) atoms. The highest BCUT2D eigenvalue weighted by Crippen LogP contribution is 2.32. The molecule has 0 saturated carbocycles. The molecule has 3 heterocycles. The molecule has 3 unspecified atom stereocenters. The summed E-state index contributed by atoms with van der Waals surface area (Å²) in [6.45, 7) is 9.57. The predicted molar refractivity (Wildman–Crippen MR) is 115 cm³/mol. The average Bonchev–Trinajstić information content (AvgIpc) is 3.41. The van der Waals surface area contributed by atoms with Crippen molar-refractivity contribution in [1.29, 1.82) is 0 Å². The first-order valence-corrected chi connectivity index (χ1v) is 11.0. The molecule has 1 amide bonds. The van der Waals surface area contributed by atoms with Gasteiger partial charge in [0.25, 0.3) is 5.91 Å². The van der Waals surface area contributed by atoms with Gasteiger partial charge in [-0.25, -0.2) is 0 Å². The molecule has 6 nitrogen and oxygen atoms in total. The van der Waals surface area contributed by atoms with Crippen LogP contribution in [0.3, 0.4) is 0 Å². The van der Waals surface area contributed by atoms with Crippen LogP contribution in [0.15, 0.2) is 36.4 Å². The Morgan fingerprint density at radius 2 is 2.07 bits per heavy atom. The van der Waals surface area contributed by atoms with Gasteiger partial charge >= 0.3 is 0 Å². The molecule has 2 saturated heterocycles. The lowest BCUT2D eigenvalue weighted by Gasteiger charge is -2.37. The molecule has 0 aliphatic carbocycles. The highest BCUT2D eigenvalue weighted by atomic mass is 16.2. The molecule has 1 aromatic carbocycles. The summed E-state index contributed by atoms with van der Waals surface area (Å²) in [7, 11) is 0. The maximum absolute atomic E-state index is 13.4. The Labute approximate surface area is 173 Å². The number of nitrogens with one attached hydrogen (secondary N) is 2. The van der Waals surface area contributed by atoms with Crippen LogP contribution in [-0.2, 0) is 6.54 Å². The van der Waals surface area contributed by atoms with Crippen molar-refractivity contribution >= 4 is 5.91 Å². The number of carbonyl (C=O) groups is 1. The van der Waals surface area contributed by atoms with Crippen molar-refractivity contribution in [2.75, 3.05) is 19.6 Å². The summed E-state index contributed by atoms with van der Waals surface area (Å²) in [6, 6.07) is 13.0. The molecule has 1 aromatic heterocycles. The fraction of sp³-hybridized carbons (Fsp3) is 0.565. The second-order valence-corrected chi connectivity index (χ2v) is 8.65. The van der Waals surface area contributed by atoms with Crippen molar-refractivity contribution in [3.8, 4) is 0 Å². The zero-order valence-corrected chi connectivity index (χ0v) is 17.8.